The number of carbonyl (C=O) groups excluding carboxylic acids is 2. The Morgan fingerprint density at radius 2 is 1.94 bits per heavy atom. The van der Waals surface area contributed by atoms with E-state index in [0.29, 0.717) is 19.6 Å². The van der Waals surface area contributed by atoms with Crippen LogP contribution in [-0.4, -0.2) is 64.7 Å². The van der Waals surface area contributed by atoms with Gasteiger partial charge in [0.05, 0.1) is 19.2 Å². The zero-order chi connectivity index (χ0) is 22.4. The van der Waals surface area contributed by atoms with Crippen LogP contribution in [0.1, 0.15) is 22.9 Å². The van der Waals surface area contributed by atoms with E-state index < -0.39 is 17.3 Å². The monoisotopic (exact) mass is 436 g/mol. The number of hydrogen-bond donors (Lipinski definition) is 3. The molecular formula is C23H24N4O5. The number of benzene rings is 2. The molecule has 9 nitrogen and oxygen atoms in total. The lowest BCUT2D eigenvalue weighted by atomic mass is 9.86. The molecule has 0 radical (unpaired) electrons. The van der Waals surface area contributed by atoms with Crippen LogP contribution < -0.4 is 5.23 Å². The quantitative estimate of drug-likeness (QED) is 0.515. The van der Waals surface area contributed by atoms with E-state index in [-0.39, 0.29) is 24.0 Å². The summed E-state index contributed by atoms with van der Waals surface area (Å²) in [6, 6.07) is 13.3. The third kappa shape index (κ3) is 3.26. The Morgan fingerprint density at radius 1 is 1.19 bits per heavy atom. The summed E-state index contributed by atoms with van der Waals surface area (Å²) in [6.45, 7) is 0.728. The Morgan fingerprint density at radius 3 is 2.66 bits per heavy atom. The number of para-hydroxylation sites is 1. The smallest absolute Gasteiger partial charge is 0.246 e. The van der Waals surface area contributed by atoms with Crippen LogP contribution in [0.4, 0.5) is 5.69 Å². The summed E-state index contributed by atoms with van der Waals surface area (Å²) >= 11 is 0. The van der Waals surface area contributed by atoms with Gasteiger partial charge in [0.1, 0.15) is 6.04 Å². The average Bonchev–Trinajstić information content (AvgIpc) is 3.17. The van der Waals surface area contributed by atoms with Crippen LogP contribution in [0.15, 0.2) is 48.5 Å². The molecule has 3 aromatic rings. The molecule has 0 aliphatic carbocycles. The van der Waals surface area contributed by atoms with Crippen LogP contribution in [0, 0.1) is 5.21 Å². The maximum absolute atomic E-state index is 13.4. The fourth-order valence-corrected chi connectivity index (χ4v) is 4.87. The number of quaternary nitrogens is 1. The van der Waals surface area contributed by atoms with Crippen molar-refractivity contribution >= 4 is 28.4 Å². The molecule has 5 rings (SSSR count). The minimum Gasteiger partial charge on any atom is -0.595 e. The van der Waals surface area contributed by atoms with Crippen LogP contribution in [-0.2, 0) is 20.7 Å². The Labute approximate surface area is 184 Å². The first kappa shape index (κ1) is 20.7. The molecule has 2 aliphatic heterocycles. The highest BCUT2D eigenvalue weighted by Gasteiger charge is 2.48. The van der Waals surface area contributed by atoms with Crippen molar-refractivity contribution < 1.29 is 24.8 Å². The molecule has 2 aliphatic rings. The van der Waals surface area contributed by atoms with Gasteiger partial charge in [-0.2, -0.15) is 5.23 Å². The van der Waals surface area contributed by atoms with Gasteiger partial charge in [0.2, 0.25) is 11.8 Å². The zero-order valence-electron chi connectivity index (χ0n) is 17.6. The predicted molar refractivity (Wildman–Crippen MR) is 115 cm³/mol. The van der Waals surface area contributed by atoms with Gasteiger partial charge in [-0.25, -0.2) is 5.21 Å². The normalized spacial score (nSPS) is 21.6. The Hall–Kier alpha value is -3.24. The zero-order valence-corrected chi connectivity index (χ0v) is 17.6. The highest BCUT2D eigenvalue weighted by molar-refractivity contribution is 5.97. The van der Waals surface area contributed by atoms with E-state index in [1.165, 1.54) is 12.1 Å². The summed E-state index contributed by atoms with van der Waals surface area (Å²) in [5.41, 5.74) is 3.77. The summed E-state index contributed by atoms with van der Waals surface area (Å²) in [5.74, 6) is -0.230. The first-order chi connectivity index (χ1) is 15.5. The molecule has 3 atom stereocenters. The topological polar surface area (TPSA) is 113 Å². The molecule has 1 aromatic heterocycles. The van der Waals surface area contributed by atoms with Crippen molar-refractivity contribution in [2.45, 2.75) is 18.5 Å². The van der Waals surface area contributed by atoms with Gasteiger partial charge < -0.3 is 24.7 Å². The highest BCUT2D eigenvalue weighted by Crippen LogP contribution is 2.42. The van der Waals surface area contributed by atoms with E-state index in [4.69, 9.17) is 4.74 Å². The van der Waals surface area contributed by atoms with Gasteiger partial charge in [-0.15, -0.1) is 0 Å². The molecule has 2 unspecified atom stereocenters. The summed E-state index contributed by atoms with van der Waals surface area (Å²) in [6.07, 6.45) is 0.428. The van der Waals surface area contributed by atoms with E-state index in [1.807, 2.05) is 24.3 Å². The van der Waals surface area contributed by atoms with Crippen LogP contribution in [0.25, 0.3) is 10.9 Å². The molecule has 9 heteroatoms. The Bertz CT molecular complexity index is 1170. The number of ether oxygens (including phenoxy) is 1. The van der Waals surface area contributed by atoms with E-state index in [9.17, 15) is 20.0 Å². The van der Waals surface area contributed by atoms with Crippen molar-refractivity contribution in [1.29, 1.82) is 0 Å². The lowest BCUT2D eigenvalue weighted by Crippen LogP contribution is -2.99. The van der Waals surface area contributed by atoms with Crippen LogP contribution in [0.2, 0.25) is 0 Å². The third-order valence-corrected chi connectivity index (χ3v) is 6.38. The Kier molecular flexibility index (Phi) is 5.18. The summed E-state index contributed by atoms with van der Waals surface area (Å²) in [5, 5.41) is 20.6. The van der Waals surface area contributed by atoms with Gasteiger partial charge in [-0.05, 0) is 17.2 Å². The molecule has 0 saturated carbocycles. The molecule has 166 valence electrons. The molecule has 3 heterocycles. The van der Waals surface area contributed by atoms with Gasteiger partial charge >= 0.3 is 0 Å². The van der Waals surface area contributed by atoms with Crippen LogP contribution >= 0.6 is 0 Å². The second kappa shape index (κ2) is 8.03. The second-order valence-corrected chi connectivity index (χ2v) is 8.17. The number of carbonyl (C=O) groups is 2. The summed E-state index contributed by atoms with van der Waals surface area (Å²) in [7, 11) is 1.57. The van der Waals surface area contributed by atoms with Gasteiger partial charge in [0.15, 0.2) is 5.69 Å². The minimum atomic E-state index is -1.01. The SMILES string of the molecule is COCCN1CC(=O)N2C(c3ccc([NH+]([O-])O)cc3)c3[nH]c4ccccc4c3C[C@H]2C1=O. The maximum atomic E-state index is 13.4. The van der Waals surface area contributed by atoms with Gasteiger partial charge in [0, 0.05) is 48.8 Å². The average molecular weight is 436 g/mol. The van der Waals surface area contributed by atoms with E-state index >= 15 is 0 Å². The molecule has 2 aromatic carbocycles. The van der Waals surface area contributed by atoms with Crippen molar-refractivity contribution in [3.05, 3.63) is 70.6 Å². The molecule has 1 saturated heterocycles. The predicted octanol–water partition coefficient (Wildman–Crippen LogP) is 0.903. The number of methoxy groups -OCH3 is 1. The van der Waals surface area contributed by atoms with E-state index in [1.54, 1.807) is 29.0 Å². The highest BCUT2D eigenvalue weighted by atomic mass is 16.8. The lowest BCUT2D eigenvalue weighted by molar-refractivity contribution is -0.991. The third-order valence-electron chi connectivity index (χ3n) is 6.38. The van der Waals surface area contributed by atoms with Crippen molar-refractivity contribution in [2.75, 3.05) is 26.8 Å². The number of rotatable bonds is 5. The number of nitrogens with one attached hydrogen (secondary N) is 2. The first-order valence-electron chi connectivity index (χ1n) is 10.5. The summed E-state index contributed by atoms with van der Waals surface area (Å²) in [4.78, 5) is 33.4. The van der Waals surface area contributed by atoms with Gasteiger partial charge in [0.25, 0.3) is 0 Å². The number of nitrogens with zero attached hydrogens (tertiary/aromatic N) is 2. The molecule has 0 spiro atoms. The lowest BCUT2D eigenvalue weighted by Gasteiger charge is -2.47. The number of hydrogen-bond acceptors (Lipinski definition) is 5. The number of piperazine rings is 1. The number of fused-ring (bicyclic) bond motifs is 4. The van der Waals surface area contributed by atoms with Gasteiger partial charge in [-0.1, -0.05) is 30.3 Å². The van der Waals surface area contributed by atoms with Crippen molar-refractivity contribution in [3.8, 4) is 0 Å². The van der Waals surface area contributed by atoms with Crippen LogP contribution in [0.5, 0.6) is 0 Å². The fourth-order valence-electron chi connectivity index (χ4n) is 4.87. The second-order valence-electron chi connectivity index (χ2n) is 8.17. The van der Waals surface area contributed by atoms with Gasteiger partial charge in [-0.3, -0.25) is 9.59 Å². The summed E-state index contributed by atoms with van der Waals surface area (Å²) < 4.78 is 5.11. The molecule has 0 bridgehead atoms. The number of aromatic nitrogens is 1. The standard InChI is InChI=1S/C23H24N4O5/c1-32-11-10-25-13-20(28)26-19(23(25)29)12-17-16-4-2-3-5-18(16)24-21(17)22(26)14-6-8-15(9-7-14)27(30)31/h2-9,19,22,24,27,30H,10-13H2,1H3/t19-,22?/m0/s1. The van der Waals surface area contributed by atoms with Crippen molar-refractivity contribution in [3.63, 3.8) is 0 Å². The molecular weight excluding hydrogens is 412 g/mol. The van der Waals surface area contributed by atoms with E-state index in [0.717, 1.165) is 27.7 Å². The number of amides is 2. The van der Waals surface area contributed by atoms with Crippen LogP contribution in [0.3, 0.4) is 0 Å². The molecule has 3 N–H and O–H groups in total. The Balaban J connectivity index is 1.64. The molecule has 32 heavy (non-hydrogen) atoms. The first-order valence-corrected chi connectivity index (χ1v) is 10.5. The van der Waals surface area contributed by atoms with E-state index in [2.05, 4.69) is 4.98 Å². The fraction of sp³-hybridized carbons (Fsp3) is 0.304. The number of H-pyrrole nitrogens is 1. The number of aromatic amines is 1. The van der Waals surface area contributed by atoms with Crippen molar-refractivity contribution in [2.24, 2.45) is 0 Å². The molecule has 1 fully saturated rings. The van der Waals surface area contributed by atoms with Crippen molar-refractivity contribution in [1.82, 2.24) is 14.8 Å². The minimum absolute atomic E-state index is 0.00202. The largest absolute Gasteiger partial charge is 0.595 e. The maximum Gasteiger partial charge on any atom is 0.246 e. The molecule has 2 amide bonds.